The van der Waals surface area contributed by atoms with E-state index in [4.69, 9.17) is 0 Å². The van der Waals surface area contributed by atoms with Gasteiger partial charge >= 0.3 is 0 Å². The average molecular weight is 327 g/mol. The summed E-state index contributed by atoms with van der Waals surface area (Å²) in [5, 5.41) is 3.37. The second-order valence-corrected chi connectivity index (χ2v) is 7.14. The molecule has 2 fully saturated rings. The van der Waals surface area contributed by atoms with E-state index in [-0.39, 0.29) is 23.1 Å². The van der Waals surface area contributed by atoms with Gasteiger partial charge in [0.05, 0.1) is 11.1 Å². The molecule has 2 atom stereocenters. The summed E-state index contributed by atoms with van der Waals surface area (Å²) in [6, 6.07) is 5.99. The van der Waals surface area contributed by atoms with Gasteiger partial charge < -0.3 is 10.2 Å². The molecule has 0 saturated carbocycles. The van der Waals surface area contributed by atoms with Gasteiger partial charge in [-0.15, -0.1) is 0 Å². The molecule has 6 nitrogen and oxygen atoms in total. The Morgan fingerprint density at radius 1 is 1.17 bits per heavy atom. The van der Waals surface area contributed by atoms with Crippen LogP contribution in [0.15, 0.2) is 24.3 Å². The first-order chi connectivity index (χ1) is 11.5. The Kier molecular flexibility index (Phi) is 3.46. The van der Waals surface area contributed by atoms with Crippen LogP contribution in [0.5, 0.6) is 0 Å². The molecule has 1 aromatic rings. The van der Waals surface area contributed by atoms with Crippen LogP contribution in [0.1, 0.15) is 40.5 Å². The van der Waals surface area contributed by atoms with Gasteiger partial charge in [0.15, 0.2) is 0 Å². The zero-order chi connectivity index (χ0) is 16.9. The minimum atomic E-state index is -0.762. The summed E-state index contributed by atoms with van der Waals surface area (Å²) >= 11 is 0. The van der Waals surface area contributed by atoms with Gasteiger partial charge in [-0.2, -0.15) is 0 Å². The summed E-state index contributed by atoms with van der Waals surface area (Å²) in [5.41, 5.74) is 0.956. The summed E-state index contributed by atoms with van der Waals surface area (Å²) < 4.78 is 0. The summed E-state index contributed by atoms with van der Waals surface area (Å²) in [6.07, 6.45) is 2.07. The first kappa shape index (κ1) is 15.3. The highest BCUT2D eigenvalue weighted by Gasteiger charge is 2.46. The molecule has 1 aromatic carbocycles. The van der Waals surface area contributed by atoms with Crippen molar-refractivity contribution in [3.8, 4) is 0 Å². The van der Waals surface area contributed by atoms with Crippen molar-refractivity contribution in [2.75, 3.05) is 26.2 Å². The van der Waals surface area contributed by atoms with Crippen molar-refractivity contribution in [3.63, 3.8) is 0 Å². The lowest BCUT2D eigenvalue weighted by Crippen LogP contribution is -2.49. The predicted molar refractivity (Wildman–Crippen MR) is 87.5 cm³/mol. The van der Waals surface area contributed by atoms with Gasteiger partial charge in [0.1, 0.15) is 6.04 Å². The minimum absolute atomic E-state index is 0.131. The molecule has 6 heteroatoms. The fourth-order valence-corrected chi connectivity index (χ4v) is 4.20. The number of likely N-dealkylation sites (tertiary alicyclic amines) is 1. The van der Waals surface area contributed by atoms with Crippen LogP contribution in [-0.4, -0.2) is 59.7 Å². The maximum atomic E-state index is 12.9. The van der Waals surface area contributed by atoms with Crippen molar-refractivity contribution in [1.29, 1.82) is 0 Å². The maximum Gasteiger partial charge on any atom is 0.262 e. The first-order valence-electron chi connectivity index (χ1n) is 8.49. The molecule has 3 heterocycles. The van der Waals surface area contributed by atoms with Gasteiger partial charge in [-0.05, 0) is 38.4 Å². The largest absolute Gasteiger partial charge is 0.340 e. The lowest BCUT2D eigenvalue weighted by molar-refractivity contribution is -0.134. The summed E-state index contributed by atoms with van der Waals surface area (Å²) in [4.78, 5) is 40.9. The van der Waals surface area contributed by atoms with Crippen molar-refractivity contribution >= 4 is 17.7 Å². The molecule has 0 aromatic heterocycles. The number of hydrogen-bond donors (Lipinski definition) is 1. The predicted octanol–water partition coefficient (Wildman–Crippen LogP) is 0.883. The van der Waals surface area contributed by atoms with Gasteiger partial charge in [-0.25, -0.2) is 0 Å². The van der Waals surface area contributed by atoms with E-state index in [2.05, 4.69) is 5.32 Å². The van der Waals surface area contributed by atoms with E-state index in [1.54, 1.807) is 31.2 Å². The second kappa shape index (κ2) is 5.41. The van der Waals surface area contributed by atoms with Crippen LogP contribution >= 0.6 is 0 Å². The third kappa shape index (κ3) is 2.17. The Balaban J connectivity index is 1.52. The monoisotopic (exact) mass is 327 g/mol. The topological polar surface area (TPSA) is 69.7 Å². The molecule has 3 aliphatic heterocycles. The van der Waals surface area contributed by atoms with Crippen LogP contribution in [0.2, 0.25) is 0 Å². The van der Waals surface area contributed by atoms with Crippen molar-refractivity contribution in [2.45, 2.75) is 25.8 Å². The molecule has 3 amide bonds. The zero-order valence-corrected chi connectivity index (χ0v) is 13.7. The van der Waals surface area contributed by atoms with Gasteiger partial charge in [0, 0.05) is 25.0 Å². The third-order valence-electron chi connectivity index (χ3n) is 5.65. The Morgan fingerprint density at radius 2 is 1.83 bits per heavy atom. The molecule has 24 heavy (non-hydrogen) atoms. The number of amides is 3. The number of carbonyl (C=O) groups is 3. The normalized spacial score (nSPS) is 27.2. The number of carbonyl (C=O) groups excluding carboxylic acids is 3. The van der Waals surface area contributed by atoms with Crippen molar-refractivity contribution < 1.29 is 14.4 Å². The Labute approximate surface area is 140 Å². The quantitative estimate of drug-likeness (QED) is 0.819. The Morgan fingerprint density at radius 3 is 2.42 bits per heavy atom. The molecule has 0 bridgehead atoms. The van der Waals surface area contributed by atoms with Crippen LogP contribution in [0.4, 0.5) is 0 Å². The molecular weight excluding hydrogens is 306 g/mol. The number of hydrogen-bond acceptors (Lipinski definition) is 4. The smallest absolute Gasteiger partial charge is 0.262 e. The van der Waals surface area contributed by atoms with E-state index in [1.165, 1.54) is 0 Å². The maximum absolute atomic E-state index is 12.9. The van der Waals surface area contributed by atoms with E-state index in [1.807, 2.05) is 4.90 Å². The molecule has 126 valence electrons. The summed E-state index contributed by atoms with van der Waals surface area (Å²) in [6.45, 7) is 5.01. The van der Waals surface area contributed by atoms with E-state index in [9.17, 15) is 14.4 Å². The summed E-state index contributed by atoms with van der Waals surface area (Å²) in [7, 11) is 0. The van der Waals surface area contributed by atoms with Crippen molar-refractivity contribution in [2.24, 2.45) is 5.41 Å². The van der Waals surface area contributed by atoms with E-state index < -0.39 is 6.04 Å². The van der Waals surface area contributed by atoms with E-state index in [0.29, 0.717) is 24.2 Å². The number of nitrogens with zero attached hydrogens (tertiary/aromatic N) is 2. The van der Waals surface area contributed by atoms with Crippen LogP contribution in [-0.2, 0) is 4.79 Å². The van der Waals surface area contributed by atoms with Crippen LogP contribution in [0.25, 0.3) is 0 Å². The SMILES string of the molecule is CC(C(=O)N1CCC2(CCNC2)C1)N1C(=O)c2ccccc2C1=O. The number of imide groups is 1. The number of fused-ring (bicyclic) bond motifs is 1. The molecule has 3 aliphatic rings. The van der Waals surface area contributed by atoms with Gasteiger partial charge in [-0.1, -0.05) is 12.1 Å². The molecule has 4 rings (SSSR count). The highest BCUT2D eigenvalue weighted by Crippen LogP contribution is 2.36. The lowest BCUT2D eigenvalue weighted by atomic mass is 9.86. The highest BCUT2D eigenvalue weighted by atomic mass is 16.2. The highest BCUT2D eigenvalue weighted by molar-refractivity contribution is 6.22. The summed E-state index contributed by atoms with van der Waals surface area (Å²) in [5.74, 6) is -0.867. The molecule has 2 unspecified atom stereocenters. The number of rotatable bonds is 2. The van der Waals surface area contributed by atoms with Crippen molar-refractivity contribution in [1.82, 2.24) is 15.1 Å². The Hall–Kier alpha value is -2.21. The minimum Gasteiger partial charge on any atom is -0.340 e. The fraction of sp³-hybridized carbons (Fsp3) is 0.500. The zero-order valence-electron chi connectivity index (χ0n) is 13.7. The average Bonchev–Trinajstić information content (AvgIpc) is 3.29. The molecule has 1 spiro atoms. The molecule has 2 saturated heterocycles. The van der Waals surface area contributed by atoms with E-state index in [0.717, 1.165) is 30.8 Å². The van der Waals surface area contributed by atoms with Crippen LogP contribution in [0, 0.1) is 5.41 Å². The van der Waals surface area contributed by atoms with Gasteiger partial charge in [0.25, 0.3) is 11.8 Å². The lowest BCUT2D eigenvalue weighted by Gasteiger charge is -2.28. The number of nitrogens with one attached hydrogen (secondary N) is 1. The molecular formula is C18H21N3O3. The fourth-order valence-electron chi connectivity index (χ4n) is 4.20. The molecule has 0 radical (unpaired) electrons. The number of benzene rings is 1. The van der Waals surface area contributed by atoms with Crippen LogP contribution < -0.4 is 5.32 Å². The Bertz CT molecular complexity index is 689. The van der Waals surface area contributed by atoms with Gasteiger partial charge in [-0.3, -0.25) is 19.3 Å². The van der Waals surface area contributed by atoms with Crippen LogP contribution in [0.3, 0.4) is 0 Å². The third-order valence-corrected chi connectivity index (χ3v) is 5.65. The standard InChI is InChI=1S/C18H21N3O3/c1-12(15(22)20-9-7-18(11-20)6-8-19-10-18)21-16(23)13-4-2-3-5-14(13)17(21)24/h2-5,12,19H,6-11H2,1H3. The first-order valence-corrected chi connectivity index (χ1v) is 8.49. The molecule has 0 aliphatic carbocycles. The van der Waals surface area contributed by atoms with Crippen molar-refractivity contribution in [3.05, 3.63) is 35.4 Å². The second-order valence-electron chi connectivity index (χ2n) is 7.14. The molecule has 1 N–H and O–H groups in total. The van der Waals surface area contributed by atoms with E-state index >= 15 is 0 Å². The van der Waals surface area contributed by atoms with Gasteiger partial charge in [0.2, 0.25) is 5.91 Å².